The Bertz CT molecular complexity index is 747. The second kappa shape index (κ2) is 5.96. The zero-order valence-corrected chi connectivity index (χ0v) is 14.6. The van der Waals surface area contributed by atoms with Crippen LogP contribution in [0, 0.1) is 11.8 Å². The second-order valence-corrected chi connectivity index (χ2v) is 9.34. The van der Waals surface area contributed by atoms with E-state index in [9.17, 15) is 21.6 Å². The summed E-state index contributed by atoms with van der Waals surface area (Å²) < 4.78 is 64.9. The highest BCUT2D eigenvalue weighted by molar-refractivity contribution is 7.89. The van der Waals surface area contributed by atoms with Crippen LogP contribution < -0.4 is 0 Å². The Morgan fingerprint density at radius 3 is 2.24 bits per heavy atom. The number of alkyl halides is 3. The maximum Gasteiger partial charge on any atom is 0.416 e. The molecule has 2 saturated heterocycles. The number of sulfonamides is 1. The highest BCUT2D eigenvalue weighted by Gasteiger charge is 2.45. The van der Waals surface area contributed by atoms with E-state index in [0.717, 1.165) is 43.1 Å². The average molecular weight is 374 g/mol. The van der Waals surface area contributed by atoms with Crippen molar-refractivity contribution >= 4 is 10.0 Å². The highest BCUT2D eigenvalue weighted by atomic mass is 32.2. The lowest BCUT2D eigenvalue weighted by Gasteiger charge is -2.43. The summed E-state index contributed by atoms with van der Waals surface area (Å²) in [4.78, 5) is 2.09. The number of halogens is 3. The molecular formula is C17H21F3N2O2S. The van der Waals surface area contributed by atoms with Crippen LogP contribution >= 0.6 is 0 Å². The summed E-state index contributed by atoms with van der Waals surface area (Å²) in [5.74, 6) is 1.49. The molecule has 0 bridgehead atoms. The van der Waals surface area contributed by atoms with Gasteiger partial charge in [-0.1, -0.05) is 12.5 Å². The molecule has 0 amide bonds. The fraction of sp³-hybridized carbons (Fsp3) is 0.647. The van der Waals surface area contributed by atoms with Gasteiger partial charge in [-0.15, -0.1) is 0 Å². The van der Waals surface area contributed by atoms with E-state index in [1.807, 2.05) is 0 Å². The van der Waals surface area contributed by atoms with Gasteiger partial charge in [0.1, 0.15) is 0 Å². The van der Waals surface area contributed by atoms with Crippen LogP contribution in [0.5, 0.6) is 0 Å². The van der Waals surface area contributed by atoms with Gasteiger partial charge in [0.05, 0.1) is 10.5 Å². The number of likely N-dealkylation sites (tertiary alicyclic amines) is 1. The number of hydrogen-bond donors (Lipinski definition) is 0. The minimum absolute atomic E-state index is 0.200. The van der Waals surface area contributed by atoms with Crippen molar-refractivity contribution in [1.29, 1.82) is 0 Å². The molecule has 1 aromatic rings. The second-order valence-electron chi connectivity index (χ2n) is 7.41. The molecule has 2 aliphatic heterocycles. The fourth-order valence-electron chi connectivity index (χ4n) is 4.40. The zero-order chi connectivity index (χ0) is 17.8. The van der Waals surface area contributed by atoms with Crippen molar-refractivity contribution < 1.29 is 21.6 Å². The minimum atomic E-state index is -4.55. The Morgan fingerprint density at radius 2 is 1.64 bits per heavy atom. The largest absolute Gasteiger partial charge is 0.416 e. The maximum absolute atomic E-state index is 12.8. The van der Waals surface area contributed by atoms with Crippen LogP contribution in [-0.4, -0.2) is 49.8 Å². The summed E-state index contributed by atoms with van der Waals surface area (Å²) >= 11 is 0. The molecule has 1 aliphatic carbocycles. The summed E-state index contributed by atoms with van der Waals surface area (Å²) in [6, 6.07) is 4.20. The first-order valence-electron chi connectivity index (χ1n) is 8.66. The van der Waals surface area contributed by atoms with Crippen molar-refractivity contribution in [1.82, 2.24) is 9.21 Å². The van der Waals surface area contributed by atoms with E-state index < -0.39 is 21.8 Å². The Labute approximate surface area is 145 Å². The molecule has 2 unspecified atom stereocenters. The van der Waals surface area contributed by atoms with Crippen LogP contribution in [0.4, 0.5) is 13.2 Å². The van der Waals surface area contributed by atoms with Gasteiger partial charge in [0.25, 0.3) is 0 Å². The SMILES string of the molecule is O=S(=O)(c1cccc(C(F)(F)F)c1)N1CC(N2CC3CCCC3C2)C1. The molecule has 4 nitrogen and oxygen atoms in total. The van der Waals surface area contributed by atoms with E-state index in [1.165, 1.54) is 29.6 Å². The van der Waals surface area contributed by atoms with E-state index in [0.29, 0.717) is 13.1 Å². The summed E-state index contributed by atoms with van der Waals surface area (Å²) in [7, 11) is -3.86. The van der Waals surface area contributed by atoms with Crippen molar-refractivity contribution in [2.45, 2.75) is 36.4 Å². The quantitative estimate of drug-likeness (QED) is 0.817. The van der Waals surface area contributed by atoms with Crippen LogP contribution in [0.1, 0.15) is 24.8 Å². The molecule has 138 valence electrons. The summed E-state index contributed by atoms with van der Waals surface area (Å²) in [5, 5.41) is 0. The van der Waals surface area contributed by atoms with Gasteiger partial charge >= 0.3 is 6.18 Å². The molecule has 0 N–H and O–H groups in total. The predicted octanol–water partition coefficient (Wildman–Crippen LogP) is 2.81. The van der Waals surface area contributed by atoms with Gasteiger partial charge in [0.15, 0.2) is 0 Å². The standard InChI is InChI=1S/C17H21F3N2O2S/c18-17(19,20)14-5-2-6-16(7-14)25(23,24)22-10-15(11-22)21-8-12-3-1-4-13(12)9-21/h2,5-7,12-13,15H,1,3-4,8-11H2. The highest BCUT2D eigenvalue weighted by Crippen LogP contribution is 2.40. The van der Waals surface area contributed by atoms with E-state index >= 15 is 0 Å². The molecule has 2 atom stereocenters. The molecular weight excluding hydrogens is 353 g/mol. The van der Waals surface area contributed by atoms with Crippen LogP contribution in [0.3, 0.4) is 0 Å². The summed E-state index contributed by atoms with van der Waals surface area (Å²) in [6.07, 6.45) is -0.722. The predicted molar refractivity (Wildman–Crippen MR) is 86.4 cm³/mol. The van der Waals surface area contributed by atoms with Gasteiger partial charge in [-0.3, -0.25) is 4.90 Å². The van der Waals surface area contributed by atoms with E-state index in [1.54, 1.807) is 0 Å². The Balaban J connectivity index is 1.43. The van der Waals surface area contributed by atoms with E-state index in [2.05, 4.69) is 4.90 Å². The Hall–Kier alpha value is -1.12. The first kappa shape index (κ1) is 17.3. The lowest BCUT2D eigenvalue weighted by atomic mass is 10.0. The molecule has 3 aliphatic rings. The molecule has 2 heterocycles. The molecule has 3 fully saturated rings. The molecule has 0 radical (unpaired) electrons. The Kier molecular flexibility index (Phi) is 4.12. The van der Waals surface area contributed by atoms with Crippen molar-refractivity contribution in [3.05, 3.63) is 29.8 Å². The summed E-state index contributed by atoms with van der Waals surface area (Å²) in [6.45, 7) is 2.82. The monoisotopic (exact) mass is 374 g/mol. The molecule has 25 heavy (non-hydrogen) atoms. The first-order chi connectivity index (χ1) is 11.7. The molecule has 1 aromatic carbocycles. The van der Waals surface area contributed by atoms with Crippen LogP contribution in [0.2, 0.25) is 0 Å². The minimum Gasteiger partial charge on any atom is -0.297 e. The first-order valence-corrected chi connectivity index (χ1v) is 10.1. The number of hydrogen-bond acceptors (Lipinski definition) is 3. The molecule has 1 saturated carbocycles. The number of benzene rings is 1. The molecule has 4 rings (SSSR count). The fourth-order valence-corrected chi connectivity index (χ4v) is 5.96. The van der Waals surface area contributed by atoms with Gasteiger partial charge in [-0.05, 0) is 42.9 Å². The zero-order valence-electron chi connectivity index (χ0n) is 13.7. The van der Waals surface area contributed by atoms with Gasteiger partial charge in [-0.25, -0.2) is 8.42 Å². The molecule has 0 aromatic heterocycles. The smallest absolute Gasteiger partial charge is 0.297 e. The normalized spacial score (nSPS) is 28.9. The summed E-state index contributed by atoms with van der Waals surface area (Å²) in [5.41, 5.74) is -0.932. The third-order valence-electron chi connectivity index (χ3n) is 5.90. The third kappa shape index (κ3) is 3.08. The Morgan fingerprint density at radius 1 is 1.00 bits per heavy atom. The maximum atomic E-state index is 12.8. The van der Waals surface area contributed by atoms with Crippen molar-refractivity contribution in [2.75, 3.05) is 26.2 Å². The van der Waals surface area contributed by atoms with Crippen LogP contribution in [-0.2, 0) is 16.2 Å². The van der Waals surface area contributed by atoms with Crippen molar-refractivity contribution in [3.8, 4) is 0 Å². The van der Waals surface area contributed by atoms with Gasteiger partial charge < -0.3 is 0 Å². The number of fused-ring (bicyclic) bond motifs is 1. The van der Waals surface area contributed by atoms with Crippen molar-refractivity contribution in [2.24, 2.45) is 11.8 Å². The topological polar surface area (TPSA) is 40.6 Å². The van der Waals surface area contributed by atoms with Gasteiger partial charge in [-0.2, -0.15) is 17.5 Å². The van der Waals surface area contributed by atoms with Gasteiger partial charge in [0.2, 0.25) is 10.0 Å². The molecule has 0 spiro atoms. The third-order valence-corrected chi connectivity index (χ3v) is 7.73. The lowest BCUT2D eigenvalue weighted by molar-refractivity contribution is -0.137. The van der Waals surface area contributed by atoms with E-state index in [4.69, 9.17) is 0 Å². The van der Waals surface area contributed by atoms with Crippen LogP contribution in [0.25, 0.3) is 0 Å². The van der Waals surface area contributed by atoms with Crippen LogP contribution in [0.15, 0.2) is 29.2 Å². The lowest BCUT2D eigenvalue weighted by Crippen LogP contribution is -2.60. The number of rotatable bonds is 3. The van der Waals surface area contributed by atoms with Gasteiger partial charge in [0, 0.05) is 32.2 Å². The van der Waals surface area contributed by atoms with E-state index in [-0.39, 0.29) is 10.9 Å². The molecule has 8 heteroatoms. The number of nitrogens with zero attached hydrogens (tertiary/aromatic N) is 2. The van der Waals surface area contributed by atoms with Crippen molar-refractivity contribution in [3.63, 3.8) is 0 Å². The average Bonchev–Trinajstić information content (AvgIpc) is 3.06.